The topological polar surface area (TPSA) is 84.5 Å². The molecule has 0 aliphatic heterocycles. The molecule has 148 valence electrons. The summed E-state index contributed by atoms with van der Waals surface area (Å²) in [6.07, 6.45) is -0.170. The lowest BCUT2D eigenvalue weighted by atomic mass is 10.2. The molecule has 2 aromatic rings. The highest BCUT2D eigenvalue weighted by Crippen LogP contribution is 2.30. The average molecular weight is 533 g/mol. The molecule has 28 heavy (non-hydrogen) atoms. The van der Waals surface area contributed by atoms with Crippen molar-refractivity contribution in [3.63, 3.8) is 0 Å². The van der Waals surface area contributed by atoms with Crippen LogP contribution in [0, 0.1) is 6.92 Å². The quantitative estimate of drug-likeness (QED) is 0.488. The lowest BCUT2D eigenvalue weighted by Gasteiger charge is -2.11. The second-order valence-electron chi connectivity index (χ2n) is 5.80. The molecule has 2 rings (SSSR count). The third-order valence-electron chi connectivity index (χ3n) is 3.66. The molecule has 0 radical (unpaired) electrons. The zero-order valence-corrected chi connectivity index (χ0v) is 18.8. The molecule has 0 aliphatic rings. The molecular weight excluding hydrogens is 515 g/mol. The van der Waals surface area contributed by atoms with Gasteiger partial charge < -0.3 is 15.4 Å². The van der Waals surface area contributed by atoms with Crippen LogP contribution in [0.1, 0.15) is 18.4 Å². The standard InChI is InChI=1S/C19H17Br2ClN2O4/c1-11-15(7-6-14(21)19(11)22)24-17(26)10-28-18(27)9-8-16(25)23-13-4-2-12(20)3-5-13/h2-7H,8-10H2,1H3,(H,23,25)(H,24,26). The van der Waals surface area contributed by atoms with Gasteiger partial charge >= 0.3 is 5.97 Å². The molecule has 0 unspecified atom stereocenters. The van der Waals surface area contributed by atoms with Gasteiger partial charge in [0.25, 0.3) is 5.91 Å². The Hall–Kier alpha value is -1.90. The van der Waals surface area contributed by atoms with Crippen LogP contribution >= 0.6 is 43.5 Å². The number of carbonyl (C=O) groups excluding carboxylic acids is 3. The highest BCUT2D eigenvalue weighted by molar-refractivity contribution is 9.10. The lowest BCUT2D eigenvalue weighted by Crippen LogP contribution is -2.22. The first-order chi connectivity index (χ1) is 13.3. The van der Waals surface area contributed by atoms with E-state index in [-0.39, 0.29) is 18.7 Å². The van der Waals surface area contributed by atoms with Crippen LogP contribution in [-0.4, -0.2) is 24.4 Å². The molecule has 0 fully saturated rings. The minimum atomic E-state index is -0.633. The van der Waals surface area contributed by atoms with Crippen molar-refractivity contribution in [2.24, 2.45) is 0 Å². The number of halogens is 3. The van der Waals surface area contributed by atoms with E-state index in [1.807, 2.05) is 0 Å². The molecule has 0 heterocycles. The predicted molar refractivity (Wildman–Crippen MR) is 115 cm³/mol. The molecule has 0 saturated heterocycles. The maximum atomic E-state index is 11.9. The molecule has 2 aromatic carbocycles. The Morgan fingerprint density at radius 2 is 1.64 bits per heavy atom. The first-order valence-corrected chi connectivity index (χ1v) is 10.2. The fourth-order valence-corrected chi connectivity index (χ4v) is 3.02. The molecule has 9 heteroatoms. The van der Waals surface area contributed by atoms with Gasteiger partial charge in [-0.25, -0.2) is 0 Å². The first kappa shape index (κ1) is 22.4. The van der Waals surface area contributed by atoms with Crippen molar-refractivity contribution >= 4 is 72.6 Å². The minimum Gasteiger partial charge on any atom is -0.456 e. The van der Waals surface area contributed by atoms with Gasteiger partial charge in [0.15, 0.2) is 6.61 Å². The monoisotopic (exact) mass is 530 g/mol. The summed E-state index contributed by atoms with van der Waals surface area (Å²) in [5, 5.41) is 5.80. The van der Waals surface area contributed by atoms with Crippen molar-refractivity contribution in [2.75, 3.05) is 17.2 Å². The molecule has 0 aliphatic carbocycles. The Balaban J connectivity index is 1.73. The van der Waals surface area contributed by atoms with Crippen LogP contribution in [0.4, 0.5) is 11.4 Å². The normalized spacial score (nSPS) is 10.3. The van der Waals surface area contributed by atoms with Crippen LogP contribution in [-0.2, 0) is 19.1 Å². The summed E-state index contributed by atoms with van der Waals surface area (Å²) in [7, 11) is 0. The van der Waals surface area contributed by atoms with Crippen LogP contribution in [0.3, 0.4) is 0 Å². The molecule has 0 bridgehead atoms. The Morgan fingerprint density at radius 1 is 0.964 bits per heavy atom. The number of benzene rings is 2. The first-order valence-electron chi connectivity index (χ1n) is 8.21. The molecule has 2 N–H and O–H groups in total. The van der Waals surface area contributed by atoms with Crippen molar-refractivity contribution in [3.8, 4) is 0 Å². The fraction of sp³-hybridized carbons (Fsp3) is 0.211. The number of carbonyl (C=O) groups is 3. The number of hydrogen-bond acceptors (Lipinski definition) is 4. The van der Waals surface area contributed by atoms with Crippen molar-refractivity contribution < 1.29 is 19.1 Å². The molecule has 2 amide bonds. The van der Waals surface area contributed by atoms with Crippen molar-refractivity contribution in [1.82, 2.24) is 0 Å². The Labute approximate surface area is 184 Å². The van der Waals surface area contributed by atoms with Gasteiger partial charge in [-0.3, -0.25) is 14.4 Å². The Morgan fingerprint density at radius 3 is 2.32 bits per heavy atom. The summed E-state index contributed by atoms with van der Waals surface area (Å²) in [5.74, 6) is -1.44. The minimum absolute atomic E-state index is 0.0437. The SMILES string of the molecule is Cc1c(NC(=O)COC(=O)CCC(=O)Nc2ccc(Br)cc2)ccc(Br)c1Cl. The molecule has 0 saturated carbocycles. The van der Waals surface area contributed by atoms with Gasteiger partial charge in [0.05, 0.1) is 11.4 Å². The fourth-order valence-electron chi connectivity index (χ4n) is 2.16. The van der Waals surface area contributed by atoms with E-state index in [1.165, 1.54) is 0 Å². The van der Waals surface area contributed by atoms with Gasteiger partial charge in [0, 0.05) is 26.7 Å². The third-order valence-corrected chi connectivity index (χ3v) is 5.57. The van der Waals surface area contributed by atoms with E-state index >= 15 is 0 Å². The van der Waals surface area contributed by atoms with Crippen LogP contribution in [0.25, 0.3) is 0 Å². The molecular formula is C19H17Br2ClN2O4. The maximum Gasteiger partial charge on any atom is 0.306 e. The largest absolute Gasteiger partial charge is 0.456 e. The third kappa shape index (κ3) is 6.92. The van der Waals surface area contributed by atoms with Gasteiger partial charge in [0.1, 0.15) is 0 Å². The predicted octanol–water partition coefficient (Wildman–Crippen LogP) is 5.07. The van der Waals surface area contributed by atoms with Crippen LogP contribution in [0.15, 0.2) is 45.3 Å². The van der Waals surface area contributed by atoms with E-state index in [9.17, 15) is 14.4 Å². The van der Waals surface area contributed by atoms with E-state index in [1.54, 1.807) is 43.3 Å². The van der Waals surface area contributed by atoms with E-state index in [0.717, 1.165) is 8.95 Å². The summed E-state index contributed by atoms with van der Waals surface area (Å²) in [6.45, 7) is 1.32. The molecule has 6 nitrogen and oxygen atoms in total. The zero-order valence-electron chi connectivity index (χ0n) is 14.9. The summed E-state index contributed by atoms with van der Waals surface area (Å²) in [4.78, 5) is 35.5. The summed E-state index contributed by atoms with van der Waals surface area (Å²) in [5.41, 5.74) is 1.85. The second kappa shape index (κ2) is 10.6. The van der Waals surface area contributed by atoms with Gasteiger partial charge in [0.2, 0.25) is 5.91 Å². The molecule has 0 atom stereocenters. The van der Waals surface area contributed by atoms with Crippen LogP contribution in [0.5, 0.6) is 0 Å². The van der Waals surface area contributed by atoms with Gasteiger partial charge in [-0.2, -0.15) is 0 Å². The van der Waals surface area contributed by atoms with Crippen molar-refractivity contribution in [3.05, 3.63) is 55.9 Å². The van der Waals surface area contributed by atoms with E-state index in [2.05, 4.69) is 42.5 Å². The number of ether oxygens (including phenoxy) is 1. The highest BCUT2D eigenvalue weighted by atomic mass is 79.9. The van der Waals surface area contributed by atoms with Crippen LogP contribution < -0.4 is 10.6 Å². The summed E-state index contributed by atoms with van der Waals surface area (Å²) in [6, 6.07) is 10.5. The Bertz CT molecular complexity index is 888. The number of rotatable bonds is 7. The van der Waals surface area contributed by atoms with Crippen molar-refractivity contribution in [1.29, 1.82) is 0 Å². The molecule has 0 spiro atoms. The summed E-state index contributed by atoms with van der Waals surface area (Å²) < 4.78 is 6.52. The highest BCUT2D eigenvalue weighted by Gasteiger charge is 2.13. The number of esters is 1. The van der Waals surface area contributed by atoms with Gasteiger partial charge in [-0.05, 0) is 64.8 Å². The number of hydrogen-bond donors (Lipinski definition) is 2. The zero-order chi connectivity index (χ0) is 20.7. The van der Waals surface area contributed by atoms with Gasteiger partial charge in [-0.1, -0.05) is 27.5 Å². The summed E-state index contributed by atoms with van der Waals surface area (Å²) >= 11 is 12.7. The van der Waals surface area contributed by atoms with Crippen molar-refractivity contribution in [2.45, 2.75) is 19.8 Å². The average Bonchev–Trinajstić information content (AvgIpc) is 2.67. The lowest BCUT2D eigenvalue weighted by molar-refractivity contribution is -0.147. The van der Waals surface area contributed by atoms with E-state index in [4.69, 9.17) is 16.3 Å². The van der Waals surface area contributed by atoms with E-state index in [0.29, 0.717) is 22.0 Å². The molecule has 0 aromatic heterocycles. The number of anilines is 2. The maximum absolute atomic E-state index is 11.9. The Kier molecular flexibility index (Phi) is 8.47. The van der Waals surface area contributed by atoms with Gasteiger partial charge in [-0.15, -0.1) is 0 Å². The number of amides is 2. The van der Waals surface area contributed by atoms with E-state index < -0.39 is 18.5 Å². The number of nitrogens with one attached hydrogen (secondary N) is 2. The smallest absolute Gasteiger partial charge is 0.306 e. The van der Waals surface area contributed by atoms with Crippen LogP contribution in [0.2, 0.25) is 5.02 Å². The second-order valence-corrected chi connectivity index (χ2v) is 7.95.